The highest BCUT2D eigenvalue weighted by Gasteiger charge is 2.04. The third kappa shape index (κ3) is 5.80. The number of phenols is 1. The van der Waals surface area contributed by atoms with Gasteiger partial charge in [0.05, 0.1) is 6.54 Å². The van der Waals surface area contributed by atoms with Gasteiger partial charge in [-0.1, -0.05) is 12.1 Å². The van der Waals surface area contributed by atoms with E-state index >= 15 is 0 Å². The molecule has 0 amide bonds. The number of rotatable bonds is 8. The fourth-order valence-electron chi connectivity index (χ4n) is 1.49. The van der Waals surface area contributed by atoms with Gasteiger partial charge in [-0.05, 0) is 31.5 Å². The summed E-state index contributed by atoms with van der Waals surface area (Å²) in [4.78, 5) is 4.29. The van der Waals surface area contributed by atoms with Crippen molar-refractivity contribution in [3.63, 3.8) is 0 Å². The molecule has 0 aliphatic heterocycles. The molecule has 1 aromatic carbocycles. The second-order valence-corrected chi connectivity index (χ2v) is 3.76. The van der Waals surface area contributed by atoms with E-state index in [1.807, 2.05) is 32.2 Å². The topological polar surface area (TPSA) is 51.0 Å². The molecule has 1 rings (SSSR count). The second-order valence-electron chi connectivity index (χ2n) is 3.76. The summed E-state index contributed by atoms with van der Waals surface area (Å²) < 4.78 is 10.8. The molecule has 18 heavy (non-hydrogen) atoms. The number of aliphatic imine (C=N–C) groups is 1. The van der Waals surface area contributed by atoms with Crippen LogP contribution >= 0.6 is 0 Å². The summed E-state index contributed by atoms with van der Waals surface area (Å²) in [5.74, 6) is 0.281. The minimum atomic E-state index is -0.254. The summed E-state index contributed by atoms with van der Waals surface area (Å²) in [6, 6.07) is 7.10. The molecule has 0 bridgehead atoms. The van der Waals surface area contributed by atoms with Crippen LogP contribution in [0.4, 0.5) is 0 Å². The van der Waals surface area contributed by atoms with Crippen LogP contribution < -0.4 is 0 Å². The maximum Gasteiger partial charge on any atom is 0.176 e. The fraction of sp³-hybridized carbons (Fsp3) is 0.500. The van der Waals surface area contributed by atoms with Gasteiger partial charge in [-0.3, -0.25) is 4.99 Å². The number of hydrogen-bond acceptors (Lipinski definition) is 4. The van der Waals surface area contributed by atoms with Crippen LogP contribution in [0.1, 0.15) is 19.4 Å². The molecule has 100 valence electrons. The standard InChI is InChI=1S/C14H21NO3/c1-3-17-14(18-4-2)11-15-10-9-12-5-7-13(16)8-6-12/h5-8,10,14,16H,3-4,9,11H2,1-2H3. The molecule has 0 aromatic heterocycles. The molecule has 1 aromatic rings. The third-order valence-electron chi connectivity index (χ3n) is 2.35. The van der Waals surface area contributed by atoms with Crippen molar-refractivity contribution in [1.29, 1.82) is 0 Å². The summed E-state index contributed by atoms with van der Waals surface area (Å²) in [5, 5.41) is 9.15. The predicted molar refractivity (Wildman–Crippen MR) is 72.2 cm³/mol. The number of aromatic hydroxyl groups is 1. The third-order valence-corrected chi connectivity index (χ3v) is 2.35. The van der Waals surface area contributed by atoms with Crippen LogP contribution in [0.15, 0.2) is 29.3 Å². The van der Waals surface area contributed by atoms with Crippen molar-refractivity contribution >= 4 is 6.21 Å². The van der Waals surface area contributed by atoms with Gasteiger partial charge in [-0.25, -0.2) is 0 Å². The number of benzene rings is 1. The van der Waals surface area contributed by atoms with Gasteiger partial charge >= 0.3 is 0 Å². The van der Waals surface area contributed by atoms with Gasteiger partial charge in [-0.2, -0.15) is 0 Å². The largest absolute Gasteiger partial charge is 0.508 e. The normalized spacial score (nSPS) is 11.5. The first-order valence-electron chi connectivity index (χ1n) is 6.25. The Morgan fingerprint density at radius 2 is 1.78 bits per heavy atom. The first kappa shape index (κ1) is 14.7. The number of hydrogen-bond donors (Lipinski definition) is 1. The smallest absolute Gasteiger partial charge is 0.176 e. The summed E-state index contributed by atoms with van der Waals surface area (Å²) in [6.07, 6.45) is 2.33. The van der Waals surface area contributed by atoms with E-state index in [9.17, 15) is 0 Å². The van der Waals surface area contributed by atoms with Crippen LogP contribution in [0.2, 0.25) is 0 Å². The zero-order chi connectivity index (χ0) is 13.2. The first-order chi connectivity index (χ1) is 8.76. The van der Waals surface area contributed by atoms with Crippen LogP contribution in [0.5, 0.6) is 5.75 Å². The highest BCUT2D eigenvalue weighted by molar-refractivity contribution is 5.61. The molecule has 0 saturated carbocycles. The maximum absolute atomic E-state index is 9.15. The molecule has 4 heteroatoms. The average Bonchev–Trinajstić information content (AvgIpc) is 2.37. The van der Waals surface area contributed by atoms with Gasteiger partial charge in [0, 0.05) is 25.8 Å². The van der Waals surface area contributed by atoms with Gasteiger partial charge in [0.2, 0.25) is 0 Å². The van der Waals surface area contributed by atoms with Gasteiger partial charge in [0.15, 0.2) is 6.29 Å². The minimum absolute atomic E-state index is 0.254. The molecule has 0 radical (unpaired) electrons. The van der Waals surface area contributed by atoms with Crippen LogP contribution in [-0.4, -0.2) is 37.4 Å². The molecule has 0 unspecified atom stereocenters. The fourth-order valence-corrected chi connectivity index (χ4v) is 1.49. The zero-order valence-corrected chi connectivity index (χ0v) is 11.0. The molecule has 0 atom stereocenters. The van der Waals surface area contributed by atoms with Crippen molar-refractivity contribution in [1.82, 2.24) is 0 Å². The zero-order valence-electron chi connectivity index (χ0n) is 11.0. The van der Waals surface area contributed by atoms with Crippen molar-refractivity contribution in [3.8, 4) is 5.75 Å². The van der Waals surface area contributed by atoms with Crippen molar-refractivity contribution in [2.75, 3.05) is 19.8 Å². The summed E-state index contributed by atoms with van der Waals surface area (Å²) >= 11 is 0. The van der Waals surface area contributed by atoms with Crippen molar-refractivity contribution < 1.29 is 14.6 Å². The second kappa shape index (κ2) is 8.66. The Morgan fingerprint density at radius 1 is 1.17 bits per heavy atom. The predicted octanol–water partition coefficient (Wildman–Crippen LogP) is 2.40. The Hall–Kier alpha value is -1.39. The van der Waals surface area contributed by atoms with E-state index in [0.29, 0.717) is 19.8 Å². The molecule has 0 heterocycles. The lowest BCUT2D eigenvalue weighted by molar-refractivity contribution is -0.128. The van der Waals surface area contributed by atoms with Crippen LogP contribution in [0, 0.1) is 0 Å². The first-order valence-corrected chi connectivity index (χ1v) is 6.25. The highest BCUT2D eigenvalue weighted by atomic mass is 16.7. The average molecular weight is 251 g/mol. The van der Waals surface area contributed by atoms with E-state index in [-0.39, 0.29) is 12.0 Å². The maximum atomic E-state index is 9.15. The molecule has 0 spiro atoms. The monoisotopic (exact) mass is 251 g/mol. The van der Waals surface area contributed by atoms with Crippen LogP contribution in [-0.2, 0) is 15.9 Å². The lowest BCUT2D eigenvalue weighted by atomic mass is 10.2. The minimum Gasteiger partial charge on any atom is -0.508 e. The quantitative estimate of drug-likeness (QED) is 0.570. The molecule has 0 aliphatic carbocycles. The summed E-state index contributed by atoms with van der Waals surface area (Å²) in [6.45, 7) is 5.63. The van der Waals surface area contributed by atoms with Gasteiger partial charge in [0.25, 0.3) is 0 Å². The molecule has 1 N–H and O–H groups in total. The van der Waals surface area contributed by atoms with Crippen molar-refractivity contribution in [3.05, 3.63) is 29.8 Å². The van der Waals surface area contributed by atoms with Gasteiger partial charge in [0.1, 0.15) is 5.75 Å². The molecule has 0 fully saturated rings. The van der Waals surface area contributed by atoms with E-state index in [1.54, 1.807) is 12.1 Å². The number of phenolic OH excluding ortho intramolecular Hbond substituents is 1. The Bertz CT molecular complexity index is 343. The van der Waals surface area contributed by atoms with E-state index in [1.165, 1.54) is 0 Å². The van der Waals surface area contributed by atoms with E-state index in [2.05, 4.69) is 4.99 Å². The Morgan fingerprint density at radius 3 is 2.33 bits per heavy atom. The summed E-state index contributed by atoms with van der Waals surface area (Å²) in [7, 11) is 0. The molecular formula is C14H21NO3. The Labute approximate surface area is 108 Å². The van der Waals surface area contributed by atoms with Gasteiger partial charge in [-0.15, -0.1) is 0 Å². The Kier molecular flexibility index (Phi) is 7.06. The lowest BCUT2D eigenvalue weighted by Gasteiger charge is -2.13. The van der Waals surface area contributed by atoms with Gasteiger partial charge < -0.3 is 14.6 Å². The number of ether oxygens (including phenoxy) is 2. The Balaban J connectivity index is 2.33. The van der Waals surface area contributed by atoms with E-state index in [4.69, 9.17) is 14.6 Å². The highest BCUT2D eigenvalue weighted by Crippen LogP contribution is 2.09. The van der Waals surface area contributed by atoms with Crippen LogP contribution in [0.3, 0.4) is 0 Å². The van der Waals surface area contributed by atoms with Crippen LogP contribution in [0.25, 0.3) is 0 Å². The van der Waals surface area contributed by atoms with Crippen molar-refractivity contribution in [2.24, 2.45) is 4.99 Å². The molecular weight excluding hydrogens is 230 g/mol. The molecule has 0 saturated heterocycles. The van der Waals surface area contributed by atoms with E-state index in [0.717, 1.165) is 12.0 Å². The summed E-state index contributed by atoms with van der Waals surface area (Å²) in [5.41, 5.74) is 1.11. The molecule has 0 aliphatic rings. The molecule has 4 nitrogen and oxygen atoms in total. The number of nitrogens with zero attached hydrogens (tertiary/aromatic N) is 1. The lowest BCUT2D eigenvalue weighted by Crippen LogP contribution is -2.20. The van der Waals surface area contributed by atoms with E-state index < -0.39 is 0 Å². The van der Waals surface area contributed by atoms with Crippen molar-refractivity contribution in [2.45, 2.75) is 26.6 Å². The SMILES string of the molecule is CCOC(CN=CCc1ccc(O)cc1)OCC.